The quantitative estimate of drug-likeness (QED) is 0.785. The summed E-state index contributed by atoms with van der Waals surface area (Å²) in [6.45, 7) is 1.82. The first kappa shape index (κ1) is 15.9. The van der Waals surface area contributed by atoms with Gasteiger partial charge in [0.15, 0.2) is 5.60 Å². The predicted octanol–water partition coefficient (Wildman–Crippen LogP) is 4.13. The number of carbonyl (C=O) groups is 1. The summed E-state index contributed by atoms with van der Waals surface area (Å²) in [5.74, 6) is -1.12. The van der Waals surface area contributed by atoms with E-state index in [1.807, 2.05) is 6.92 Å². The van der Waals surface area contributed by atoms with Crippen molar-refractivity contribution < 1.29 is 27.1 Å². The molecule has 116 valence electrons. The summed E-state index contributed by atoms with van der Waals surface area (Å²) in [5, 5.41) is 0. The van der Waals surface area contributed by atoms with Gasteiger partial charge in [0, 0.05) is 12.8 Å². The van der Waals surface area contributed by atoms with Crippen molar-refractivity contribution in [2.75, 3.05) is 0 Å². The summed E-state index contributed by atoms with van der Waals surface area (Å²) < 4.78 is 59.1. The Morgan fingerprint density at radius 2 is 1.90 bits per heavy atom. The van der Waals surface area contributed by atoms with Crippen molar-refractivity contribution in [3.05, 3.63) is 35.6 Å². The average molecular weight is 304 g/mol. The monoisotopic (exact) mass is 304 g/mol. The molecule has 2 nitrogen and oxygen atoms in total. The van der Waals surface area contributed by atoms with E-state index >= 15 is 0 Å². The molecule has 2 rings (SSSR count). The van der Waals surface area contributed by atoms with Crippen molar-refractivity contribution in [1.29, 1.82) is 0 Å². The van der Waals surface area contributed by atoms with Gasteiger partial charge in [-0.25, -0.2) is 4.39 Å². The van der Waals surface area contributed by atoms with Crippen LogP contribution in [0.3, 0.4) is 0 Å². The largest absolute Gasteiger partial charge is 0.422 e. The number of benzene rings is 1. The number of ketones is 1. The van der Waals surface area contributed by atoms with Gasteiger partial charge in [0.2, 0.25) is 0 Å². The zero-order valence-corrected chi connectivity index (χ0v) is 11.5. The van der Waals surface area contributed by atoms with E-state index in [0.717, 1.165) is 24.3 Å². The van der Waals surface area contributed by atoms with Crippen molar-refractivity contribution >= 4 is 5.78 Å². The first-order valence-electron chi connectivity index (χ1n) is 6.81. The Bertz CT molecular complexity index is 509. The second-order valence-corrected chi connectivity index (χ2v) is 5.28. The molecule has 1 aromatic carbocycles. The molecule has 0 aliphatic carbocycles. The van der Waals surface area contributed by atoms with Crippen LogP contribution in [0, 0.1) is 5.82 Å². The van der Waals surface area contributed by atoms with Crippen LogP contribution in [-0.4, -0.2) is 18.1 Å². The molecule has 2 atom stereocenters. The average Bonchev–Trinajstić information content (AvgIpc) is 2.37. The van der Waals surface area contributed by atoms with Gasteiger partial charge in [-0.3, -0.25) is 4.79 Å². The molecule has 0 N–H and O–H groups in total. The van der Waals surface area contributed by atoms with E-state index in [1.165, 1.54) is 0 Å². The van der Waals surface area contributed by atoms with Gasteiger partial charge < -0.3 is 4.74 Å². The van der Waals surface area contributed by atoms with E-state index in [1.54, 1.807) is 0 Å². The number of alkyl halides is 3. The van der Waals surface area contributed by atoms with Crippen molar-refractivity contribution in [3.8, 4) is 0 Å². The maximum absolute atomic E-state index is 13.6. The topological polar surface area (TPSA) is 26.3 Å². The van der Waals surface area contributed by atoms with E-state index < -0.39 is 35.9 Å². The van der Waals surface area contributed by atoms with E-state index in [4.69, 9.17) is 4.74 Å². The third-order valence-electron chi connectivity index (χ3n) is 3.65. The Kier molecular flexibility index (Phi) is 4.37. The molecule has 21 heavy (non-hydrogen) atoms. The lowest BCUT2D eigenvalue weighted by molar-refractivity contribution is -0.306. The molecule has 1 heterocycles. The molecule has 1 aliphatic rings. The second kappa shape index (κ2) is 5.75. The zero-order chi connectivity index (χ0) is 15.7. The fraction of sp³-hybridized carbons (Fsp3) is 0.533. The second-order valence-electron chi connectivity index (χ2n) is 5.28. The molecular weight excluding hydrogens is 288 g/mol. The van der Waals surface area contributed by atoms with Crippen LogP contribution < -0.4 is 0 Å². The smallest absolute Gasteiger partial charge is 0.357 e. The minimum atomic E-state index is -4.74. The van der Waals surface area contributed by atoms with Crippen LogP contribution in [0.15, 0.2) is 24.3 Å². The fourth-order valence-corrected chi connectivity index (χ4v) is 2.67. The summed E-state index contributed by atoms with van der Waals surface area (Å²) in [5.41, 5.74) is -2.90. The van der Waals surface area contributed by atoms with Crippen LogP contribution in [0.2, 0.25) is 0 Å². The first-order valence-corrected chi connectivity index (χ1v) is 6.81. The van der Waals surface area contributed by atoms with E-state index in [9.17, 15) is 22.4 Å². The number of rotatable bonds is 3. The van der Waals surface area contributed by atoms with Gasteiger partial charge in [-0.1, -0.05) is 25.5 Å². The standard InChI is InChI=1S/C15H16F4O2/c1-2-3-13-8-12(20)9-14(21-13,15(17,18)19)10-4-6-11(16)7-5-10/h4-7,13H,2-3,8-9H2,1H3/t13-,14-/m1/s1. The number of halogens is 4. The van der Waals surface area contributed by atoms with Gasteiger partial charge in [0.05, 0.1) is 6.10 Å². The summed E-state index contributed by atoms with van der Waals surface area (Å²) in [6.07, 6.45) is -5.27. The van der Waals surface area contributed by atoms with Gasteiger partial charge >= 0.3 is 6.18 Å². The van der Waals surface area contributed by atoms with Gasteiger partial charge in [-0.2, -0.15) is 13.2 Å². The molecule has 0 unspecified atom stereocenters. The minimum absolute atomic E-state index is 0.00708. The Morgan fingerprint density at radius 3 is 2.43 bits per heavy atom. The molecule has 1 fully saturated rings. The van der Waals surface area contributed by atoms with Gasteiger partial charge in [-0.15, -0.1) is 0 Å². The lowest BCUT2D eigenvalue weighted by Gasteiger charge is -2.42. The van der Waals surface area contributed by atoms with Gasteiger partial charge in [0.1, 0.15) is 11.6 Å². The zero-order valence-electron chi connectivity index (χ0n) is 11.5. The van der Waals surface area contributed by atoms with Crippen LogP contribution in [0.5, 0.6) is 0 Å². The molecule has 0 saturated carbocycles. The maximum Gasteiger partial charge on any atom is 0.422 e. The van der Waals surface area contributed by atoms with Crippen molar-refractivity contribution in [1.82, 2.24) is 0 Å². The molecule has 6 heteroatoms. The molecular formula is C15H16F4O2. The lowest BCUT2D eigenvalue weighted by Crippen LogP contribution is -2.52. The van der Waals surface area contributed by atoms with Gasteiger partial charge in [0.25, 0.3) is 0 Å². The van der Waals surface area contributed by atoms with E-state index in [0.29, 0.717) is 12.8 Å². The fourth-order valence-electron chi connectivity index (χ4n) is 2.67. The van der Waals surface area contributed by atoms with Crippen LogP contribution in [0.25, 0.3) is 0 Å². The first-order chi connectivity index (χ1) is 9.78. The van der Waals surface area contributed by atoms with Gasteiger partial charge in [-0.05, 0) is 24.1 Å². The van der Waals surface area contributed by atoms with Crippen LogP contribution >= 0.6 is 0 Å². The number of carbonyl (C=O) groups excluding carboxylic acids is 1. The lowest BCUT2D eigenvalue weighted by atomic mass is 9.83. The molecule has 1 aromatic rings. The summed E-state index contributed by atoms with van der Waals surface area (Å²) >= 11 is 0. The Morgan fingerprint density at radius 1 is 1.29 bits per heavy atom. The predicted molar refractivity (Wildman–Crippen MR) is 68.2 cm³/mol. The summed E-state index contributed by atoms with van der Waals surface area (Å²) in [6, 6.07) is 3.95. The number of hydrogen-bond acceptors (Lipinski definition) is 2. The van der Waals surface area contributed by atoms with Crippen LogP contribution in [0.4, 0.5) is 17.6 Å². The molecule has 0 bridgehead atoms. The van der Waals surface area contributed by atoms with Crippen LogP contribution in [-0.2, 0) is 15.1 Å². The molecule has 1 saturated heterocycles. The Labute approximate surface area is 120 Å². The van der Waals surface area contributed by atoms with Crippen molar-refractivity contribution in [2.45, 2.75) is 50.5 Å². The number of Topliss-reactive ketones (excluding diaryl/α,β-unsaturated/α-hetero) is 1. The van der Waals surface area contributed by atoms with Crippen molar-refractivity contribution in [3.63, 3.8) is 0 Å². The molecule has 0 amide bonds. The summed E-state index contributed by atoms with van der Waals surface area (Å²) in [7, 11) is 0. The maximum atomic E-state index is 13.6. The molecule has 1 aliphatic heterocycles. The Hall–Kier alpha value is -1.43. The van der Waals surface area contributed by atoms with E-state index in [2.05, 4.69) is 0 Å². The third kappa shape index (κ3) is 3.10. The van der Waals surface area contributed by atoms with Crippen LogP contribution in [0.1, 0.15) is 38.2 Å². The summed E-state index contributed by atoms with van der Waals surface area (Å²) in [4.78, 5) is 11.8. The molecule has 0 spiro atoms. The SMILES string of the molecule is CCC[C@@H]1CC(=O)C[C@@](c2ccc(F)cc2)(C(F)(F)F)O1. The third-order valence-corrected chi connectivity index (χ3v) is 3.65. The number of ether oxygens (including phenoxy) is 1. The van der Waals surface area contributed by atoms with Crippen molar-refractivity contribution in [2.24, 2.45) is 0 Å². The highest BCUT2D eigenvalue weighted by atomic mass is 19.4. The van der Waals surface area contributed by atoms with E-state index in [-0.39, 0.29) is 12.0 Å². The molecule has 0 radical (unpaired) electrons. The molecule has 0 aromatic heterocycles. The normalized spacial score (nSPS) is 26.9. The minimum Gasteiger partial charge on any atom is -0.357 e. The highest BCUT2D eigenvalue weighted by Gasteiger charge is 2.60. The Balaban J connectivity index is 2.46. The highest BCUT2D eigenvalue weighted by Crippen LogP contribution is 2.48. The number of hydrogen-bond donors (Lipinski definition) is 0. The highest BCUT2D eigenvalue weighted by molar-refractivity contribution is 5.81.